The van der Waals surface area contributed by atoms with Gasteiger partial charge in [-0.1, -0.05) is 11.6 Å². The Morgan fingerprint density at radius 1 is 1.32 bits per heavy atom. The van der Waals surface area contributed by atoms with E-state index < -0.39 is 9.84 Å². The highest BCUT2D eigenvalue weighted by Gasteiger charge is 2.25. The van der Waals surface area contributed by atoms with Gasteiger partial charge in [0.2, 0.25) is 0 Å². The van der Waals surface area contributed by atoms with E-state index in [1.165, 1.54) is 12.1 Å². The van der Waals surface area contributed by atoms with Crippen LogP contribution >= 0.6 is 11.6 Å². The zero-order valence-electron chi connectivity index (χ0n) is 10.6. The first-order valence-corrected chi connectivity index (χ1v) is 8.39. The topological polar surface area (TPSA) is 57.6 Å². The number of sulfone groups is 1. The van der Waals surface area contributed by atoms with Crippen molar-refractivity contribution in [2.45, 2.75) is 23.8 Å². The van der Waals surface area contributed by atoms with E-state index in [-0.39, 0.29) is 18.4 Å². The first kappa shape index (κ1) is 14.8. The van der Waals surface area contributed by atoms with E-state index in [1.807, 2.05) is 4.90 Å². The van der Waals surface area contributed by atoms with Crippen LogP contribution in [-0.4, -0.2) is 49.9 Å². The molecule has 1 aromatic rings. The maximum Gasteiger partial charge on any atom is 0.179 e. The van der Waals surface area contributed by atoms with E-state index in [1.54, 1.807) is 12.1 Å². The first-order chi connectivity index (χ1) is 9.03. The van der Waals surface area contributed by atoms with Crippen LogP contribution in [0.2, 0.25) is 5.02 Å². The Morgan fingerprint density at radius 2 is 2.00 bits per heavy atom. The molecule has 4 nitrogen and oxygen atoms in total. The number of nitrogens with zero attached hydrogens (tertiary/aromatic N) is 1. The van der Waals surface area contributed by atoms with Crippen LogP contribution in [0.1, 0.15) is 12.8 Å². The molecule has 1 fully saturated rings. The van der Waals surface area contributed by atoms with Crippen molar-refractivity contribution in [3.63, 3.8) is 0 Å². The average Bonchev–Trinajstić information content (AvgIpc) is 2.84. The second kappa shape index (κ2) is 6.22. The van der Waals surface area contributed by atoms with Crippen LogP contribution < -0.4 is 0 Å². The summed E-state index contributed by atoms with van der Waals surface area (Å²) in [6.45, 7) is 1.43. The van der Waals surface area contributed by atoms with Crippen molar-refractivity contribution < 1.29 is 13.5 Å². The molecule has 6 heteroatoms. The van der Waals surface area contributed by atoms with Crippen LogP contribution in [0.4, 0.5) is 0 Å². The summed E-state index contributed by atoms with van der Waals surface area (Å²) >= 11 is 5.75. The quantitative estimate of drug-likeness (QED) is 0.897. The van der Waals surface area contributed by atoms with Crippen molar-refractivity contribution in [2.24, 2.45) is 0 Å². The van der Waals surface area contributed by atoms with Gasteiger partial charge in [-0.2, -0.15) is 0 Å². The van der Waals surface area contributed by atoms with Crippen LogP contribution in [0.15, 0.2) is 29.2 Å². The number of likely N-dealkylation sites (tertiary alicyclic amines) is 1. The molecule has 19 heavy (non-hydrogen) atoms. The molecule has 1 atom stereocenters. The number of rotatable bonds is 5. The van der Waals surface area contributed by atoms with E-state index >= 15 is 0 Å². The summed E-state index contributed by atoms with van der Waals surface area (Å²) in [6, 6.07) is 6.35. The summed E-state index contributed by atoms with van der Waals surface area (Å²) in [5.74, 6) is 0.0745. The van der Waals surface area contributed by atoms with Crippen LogP contribution in [0.5, 0.6) is 0 Å². The molecule has 1 aliphatic heterocycles. The minimum absolute atomic E-state index is 0.0745. The number of hydrogen-bond acceptors (Lipinski definition) is 4. The molecule has 0 radical (unpaired) electrons. The fraction of sp³-hybridized carbons (Fsp3) is 0.538. The van der Waals surface area contributed by atoms with Crippen molar-refractivity contribution in [3.05, 3.63) is 29.3 Å². The molecule has 1 N–H and O–H groups in total. The Balaban J connectivity index is 2.00. The zero-order chi connectivity index (χ0) is 13.9. The number of benzene rings is 1. The van der Waals surface area contributed by atoms with Crippen molar-refractivity contribution in [1.82, 2.24) is 4.90 Å². The molecule has 1 heterocycles. The molecular formula is C13H18ClNO3S. The summed E-state index contributed by atoms with van der Waals surface area (Å²) in [5, 5.41) is 9.73. The number of aliphatic hydroxyl groups is 1. The molecule has 0 aromatic heterocycles. The molecule has 106 valence electrons. The summed E-state index contributed by atoms with van der Waals surface area (Å²) in [7, 11) is -3.28. The molecule has 1 saturated heterocycles. The minimum atomic E-state index is -3.28. The van der Waals surface area contributed by atoms with Crippen molar-refractivity contribution in [1.29, 1.82) is 0 Å². The fourth-order valence-corrected chi connectivity index (χ4v) is 3.78. The maximum absolute atomic E-state index is 12.2. The largest absolute Gasteiger partial charge is 0.395 e. The monoisotopic (exact) mass is 303 g/mol. The van der Waals surface area contributed by atoms with Gasteiger partial charge in [-0.15, -0.1) is 0 Å². The van der Waals surface area contributed by atoms with Crippen LogP contribution in [0, 0.1) is 0 Å². The smallest absolute Gasteiger partial charge is 0.179 e. The molecule has 0 bridgehead atoms. The predicted molar refractivity (Wildman–Crippen MR) is 75.2 cm³/mol. The van der Waals surface area contributed by atoms with Crippen molar-refractivity contribution in [3.8, 4) is 0 Å². The van der Waals surface area contributed by atoms with Gasteiger partial charge in [-0.25, -0.2) is 8.42 Å². The molecule has 2 rings (SSSR count). The number of aliphatic hydroxyl groups excluding tert-OH is 1. The zero-order valence-corrected chi connectivity index (χ0v) is 12.2. The Hall–Kier alpha value is -0.620. The van der Waals surface area contributed by atoms with E-state index in [0.29, 0.717) is 16.5 Å². The van der Waals surface area contributed by atoms with Gasteiger partial charge in [0.25, 0.3) is 0 Å². The highest BCUT2D eigenvalue weighted by Crippen LogP contribution is 2.19. The molecule has 1 aliphatic rings. The minimum Gasteiger partial charge on any atom is -0.395 e. The van der Waals surface area contributed by atoms with Crippen LogP contribution in [0.3, 0.4) is 0 Å². The highest BCUT2D eigenvalue weighted by atomic mass is 35.5. The van der Waals surface area contributed by atoms with Gasteiger partial charge in [0.1, 0.15) is 0 Å². The lowest BCUT2D eigenvalue weighted by atomic mass is 10.2. The molecule has 0 aliphatic carbocycles. The Morgan fingerprint density at radius 3 is 2.63 bits per heavy atom. The third-order valence-electron chi connectivity index (χ3n) is 3.53. The van der Waals surface area contributed by atoms with E-state index in [0.717, 1.165) is 19.4 Å². The van der Waals surface area contributed by atoms with E-state index in [2.05, 4.69) is 0 Å². The second-order valence-corrected chi connectivity index (χ2v) is 7.33. The Kier molecular flexibility index (Phi) is 4.84. The van der Waals surface area contributed by atoms with Crippen LogP contribution in [0.25, 0.3) is 0 Å². The molecule has 0 saturated carbocycles. The Bertz CT molecular complexity index is 515. The standard InChI is InChI=1S/C13H18ClNO3S/c14-11-3-5-13(6-4-11)19(17,18)9-8-15-7-1-2-12(15)10-16/h3-6,12,16H,1-2,7-10H2/t12-/m1/s1. The van der Waals surface area contributed by atoms with E-state index in [4.69, 9.17) is 11.6 Å². The SMILES string of the molecule is O=S(=O)(CCN1CCC[C@@H]1CO)c1ccc(Cl)cc1. The lowest BCUT2D eigenvalue weighted by molar-refractivity contribution is 0.165. The van der Waals surface area contributed by atoms with Gasteiger partial charge >= 0.3 is 0 Å². The second-order valence-electron chi connectivity index (χ2n) is 4.79. The summed E-state index contributed by atoms with van der Waals surface area (Å²) in [4.78, 5) is 2.35. The third kappa shape index (κ3) is 3.69. The van der Waals surface area contributed by atoms with Crippen LogP contribution in [-0.2, 0) is 9.84 Å². The lowest BCUT2D eigenvalue weighted by Crippen LogP contribution is -2.35. The van der Waals surface area contributed by atoms with Gasteiger partial charge in [0.05, 0.1) is 17.3 Å². The number of halogens is 1. The fourth-order valence-electron chi connectivity index (χ4n) is 2.39. The van der Waals surface area contributed by atoms with Gasteiger partial charge in [-0.3, -0.25) is 4.90 Å². The summed E-state index contributed by atoms with van der Waals surface area (Å²) in [5.41, 5.74) is 0. The Labute approximate surface area is 118 Å². The molecule has 0 spiro atoms. The molecule has 0 amide bonds. The predicted octanol–water partition coefficient (Wildman–Crippen LogP) is 1.57. The molecule has 0 unspecified atom stereocenters. The molecular weight excluding hydrogens is 286 g/mol. The molecule has 1 aromatic carbocycles. The summed E-state index contributed by atoms with van der Waals surface area (Å²) in [6.07, 6.45) is 1.96. The highest BCUT2D eigenvalue weighted by molar-refractivity contribution is 7.91. The first-order valence-electron chi connectivity index (χ1n) is 6.36. The van der Waals surface area contributed by atoms with Crippen molar-refractivity contribution >= 4 is 21.4 Å². The van der Waals surface area contributed by atoms with Gasteiger partial charge in [-0.05, 0) is 43.7 Å². The maximum atomic E-state index is 12.2. The van der Waals surface area contributed by atoms with Crippen molar-refractivity contribution in [2.75, 3.05) is 25.4 Å². The normalized spacial score (nSPS) is 20.8. The lowest BCUT2D eigenvalue weighted by Gasteiger charge is -2.22. The third-order valence-corrected chi connectivity index (χ3v) is 5.49. The number of hydrogen-bond donors (Lipinski definition) is 1. The summed E-state index contributed by atoms with van der Waals surface area (Å²) < 4.78 is 24.3. The van der Waals surface area contributed by atoms with E-state index in [9.17, 15) is 13.5 Å². The van der Waals surface area contributed by atoms with Gasteiger partial charge < -0.3 is 5.11 Å². The van der Waals surface area contributed by atoms with Gasteiger partial charge in [0, 0.05) is 17.6 Å². The average molecular weight is 304 g/mol. The van der Waals surface area contributed by atoms with Gasteiger partial charge in [0.15, 0.2) is 9.84 Å².